The zero-order chi connectivity index (χ0) is 18.2. The second-order valence-electron chi connectivity index (χ2n) is 5.14. The summed E-state index contributed by atoms with van der Waals surface area (Å²) in [5.74, 6) is -0.934. The first-order valence-electron chi connectivity index (χ1n) is 7.30. The predicted octanol–water partition coefficient (Wildman–Crippen LogP) is 1.98. The molecule has 6 nitrogen and oxygen atoms in total. The maximum Gasteiger partial charge on any atom is 0.573 e. The Morgan fingerprint density at radius 2 is 1.71 bits per heavy atom. The molecule has 0 saturated heterocycles. The highest BCUT2D eigenvalue weighted by Gasteiger charge is 2.30. The number of nitrogens with one attached hydrogen (secondary N) is 2. The van der Waals surface area contributed by atoms with Crippen molar-refractivity contribution in [3.8, 4) is 5.75 Å². The topological polar surface area (TPSA) is 70.7 Å². The van der Waals surface area contributed by atoms with Crippen molar-refractivity contribution in [3.63, 3.8) is 0 Å². The van der Waals surface area contributed by atoms with Gasteiger partial charge < -0.3 is 15.4 Å². The first-order valence-corrected chi connectivity index (χ1v) is 7.30. The zero-order valence-corrected chi connectivity index (χ0v) is 13.4. The molecule has 2 N–H and O–H groups in total. The number of benzene rings is 1. The van der Waals surface area contributed by atoms with Crippen LogP contribution < -0.4 is 15.4 Å². The number of ether oxygens (including phenoxy) is 1. The highest BCUT2D eigenvalue weighted by atomic mass is 19.4. The Balaban J connectivity index is 2.43. The molecule has 1 aromatic carbocycles. The van der Waals surface area contributed by atoms with E-state index >= 15 is 0 Å². The van der Waals surface area contributed by atoms with Gasteiger partial charge in [0.25, 0.3) is 0 Å². The van der Waals surface area contributed by atoms with Crippen LogP contribution in [0.5, 0.6) is 5.75 Å². The summed E-state index contributed by atoms with van der Waals surface area (Å²) in [7, 11) is 1.62. The third kappa shape index (κ3) is 8.37. The summed E-state index contributed by atoms with van der Waals surface area (Å²) in [6, 6.07) is 4.80. The molecule has 0 fully saturated rings. The normalized spacial score (nSPS) is 11.2. The van der Waals surface area contributed by atoms with Gasteiger partial charge in [0.1, 0.15) is 5.75 Å². The van der Waals surface area contributed by atoms with Crippen LogP contribution in [-0.4, -0.2) is 49.8 Å². The van der Waals surface area contributed by atoms with Gasteiger partial charge >= 0.3 is 6.36 Å². The molecule has 0 aliphatic rings. The largest absolute Gasteiger partial charge is 0.573 e. The van der Waals surface area contributed by atoms with Gasteiger partial charge in [0.2, 0.25) is 11.8 Å². The van der Waals surface area contributed by atoms with Gasteiger partial charge in [0.15, 0.2) is 0 Å². The highest BCUT2D eigenvalue weighted by molar-refractivity contribution is 5.92. The van der Waals surface area contributed by atoms with Crippen molar-refractivity contribution in [3.05, 3.63) is 24.3 Å². The van der Waals surface area contributed by atoms with Crippen molar-refractivity contribution < 1.29 is 27.5 Å². The van der Waals surface area contributed by atoms with Crippen molar-refractivity contribution in [2.75, 3.05) is 32.0 Å². The summed E-state index contributed by atoms with van der Waals surface area (Å²) in [4.78, 5) is 24.9. The van der Waals surface area contributed by atoms with Crippen LogP contribution in [0.1, 0.15) is 13.3 Å². The summed E-state index contributed by atoms with van der Waals surface area (Å²) in [5.41, 5.74) is 0.332. The number of likely N-dealkylation sites (N-methyl/N-ethyl adjacent to an activating group) is 1. The third-order valence-electron chi connectivity index (χ3n) is 2.77. The van der Waals surface area contributed by atoms with E-state index in [4.69, 9.17) is 0 Å². The number of hydrogen-bond acceptors (Lipinski definition) is 4. The number of anilines is 1. The Morgan fingerprint density at radius 3 is 2.25 bits per heavy atom. The van der Waals surface area contributed by atoms with E-state index in [9.17, 15) is 22.8 Å². The Morgan fingerprint density at radius 1 is 1.12 bits per heavy atom. The van der Waals surface area contributed by atoms with Crippen LogP contribution in [-0.2, 0) is 9.59 Å². The van der Waals surface area contributed by atoms with Gasteiger partial charge in [-0.15, -0.1) is 13.2 Å². The number of rotatable bonds is 8. The lowest BCUT2D eigenvalue weighted by atomic mass is 10.3. The molecule has 134 valence electrons. The van der Waals surface area contributed by atoms with E-state index in [0.29, 0.717) is 12.2 Å². The van der Waals surface area contributed by atoms with Crippen molar-refractivity contribution in [1.29, 1.82) is 0 Å². The average molecular weight is 347 g/mol. The van der Waals surface area contributed by atoms with Crippen molar-refractivity contribution in [1.82, 2.24) is 10.2 Å². The van der Waals surface area contributed by atoms with E-state index in [-0.39, 0.29) is 30.7 Å². The third-order valence-corrected chi connectivity index (χ3v) is 2.77. The highest BCUT2D eigenvalue weighted by Crippen LogP contribution is 2.23. The molecule has 9 heteroatoms. The molecule has 0 aromatic heterocycles. The molecule has 0 saturated carbocycles. The number of halogens is 3. The standard InChI is InChI=1S/C15H20F3N3O3/c1-3-8-19-13(22)9-21(2)10-14(23)20-11-4-6-12(7-5-11)24-15(16,17)18/h4-7H,3,8-10H2,1-2H3,(H,19,22)(H,20,23). The molecule has 1 rings (SSSR count). The molecule has 24 heavy (non-hydrogen) atoms. The number of carbonyl (C=O) groups excluding carboxylic acids is 2. The second kappa shape index (κ2) is 9.11. The molecule has 1 aromatic rings. The molecule has 0 heterocycles. The number of alkyl halides is 3. The van der Waals surface area contributed by atoms with Crippen molar-refractivity contribution in [2.24, 2.45) is 0 Å². The van der Waals surface area contributed by atoms with E-state index in [1.54, 1.807) is 7.05 Å². The van der Waals surface area contributed by atoms with Crippen molar-refractivity contribution >= 4 is 17.5 Å². The summed E-state index contributed by atoms with van der Waals surface area (Å²) < 4.78 is 39.9. The van der Waals surface area contributed by atoms with Crippen LogP contribution >= 0.6 is 0 Å². The first-order chi connectivity index (χ1) is 11.2. The Kier molecular flexibility index (Phi) is 7.50. The lowest BCUT2D eigenvalue weighted by Crippen LogP contribution is -2.39. The number of hydrogen-bond donors (Lipinski definition) is 2. The van der Waals surface area contributed by atoms with Gasteiger partial charge in [-0.25, -0.2) is 0 Å². The minimum Gasteiger partial charge on any atom is -0.406 e. The van der Waals surface area contributed by atoms with Crippen LogP contribution in [0.3, 0.4) is 0 Å². The first kappa shape index (κ1) is 19.8. The van der Waals surface area contributed by atoms with Gasteiger partial charge in [-0.1, -0.05) is 6.92 Å². The van der Waals surface area contributed by atoms with Crippen molar-refractivity contribution in [2.45, 2.75) is 19.7 Å². The summed E-state index contributed by atoms with van der Waals surface area (Å²) in [5, 5.41) is 5.22. The molecule has 0 atom stereocenters. The predicted molar refractivity (Wildman–Crippen MR) is 82.6 cm³/mol. The molecular weight excluding hydrogens is 327 g/mol. The molecule has 2 amide bonds. The molecule has 0 unspecified atom stereocenters. The molecule has 0 aliphatic heterocycles. The van der Waals surface area contributed by atoms with Crippen LogP contribution in [0.4, 0.5) is 18.9 Å². The smallest absolute Gasteiger partial charge is 0.406 e. The number of carbonyl (C=O) groups is 2. The Labute approximate surface area is 138 Å². The maximum atomic E-state index is 12.0. The van der Waals surface area contributed by atoms with Crippen LogP contribution in [0.25, 0.3) is 0 Å². The van der Waals surface area contributed by atoms with Crippen LogP contribution in [0.15, 0.2) is 24.3 Å². The quantitative estimate of drug-likeness (QED) is 0.754. The maximum absolute atomic E-state index is 12.0. The number of nitrogens with zero attached hydrogens (tertiary/aromatic N) is 1. The summed E-state index contributed by atoms with van der Waals surface area (Å²) in [6.07, 6.45) is -3.93. The zero-order valence-electron chi connectivity index (χ0n) is 13.4. The van der Waals surface area contributed by atoms with Gasteiger partial charge in [-0.3, -0.25) is 14.5 Å². The van der Waals surface area contributed by atoms with E-state index < -0.39 is 6.36 Å². The van der Waals surface area contributed by atoms with E-state index in [1.165, 1.54) is 17.0 Å². The fraction of sp³-hybridized carbons (Fsp3) is 0.467. The van der Waals surface area contributed by atoms with Gasteiger partial charge in [-0.05, 0) is 37.7 Å². The molecule has 0 spiro atoms. The minimum absolute atomic E-state index is 0.0274. The average Bonchev–Trinajstić information content (AvgIpc) is 2.45. The van der Waals surface area contributed by atoms with E-state index in [2.05, 4.69) is 15.4 Å². The summed E-state index contributed by atoms with van der Waals surface area (Å²) in [6.45, 7) is 2.56. The molecule has 0 aliphatic carbocycles. The van der Waals surface area contributed by atoms with E-state index in [0.717, 1.165) is 18.6 Å². The lowest BCUT2D eigenvalue weighted by molar-refractivity contribution is -0.274. The fourth-order valence-electron chi connectivity index (χ4n) is 1.81. The molecule has 0 bridgehead atoms. The monoisotopic (exact) mass is 347 g/mol. The Hall–Kier alpha value is -2.29. The molecular formula is C15H20F3N3O3. The van der Waals surface area contributed by atoms with Crippen LogP contribution in [0.2, 0.25) is 0 Å². The SMILES string of the molecule is CCCNC(=O)CN(C)CC(=O)Nc1ccc(OC(F)(F)F)cc1. The van der Waals surface area contributed by atoms with Crippen LogP contribution in [0, 0.1) is 0 Å². The minimum atomic E-state index is -4.76. The van der Waals surface area contributed by atoms with Gasteiger partial charge in [0, 0.05) is 12.2 Å². The van der Waals surface area contributed by atoms with Gasteiger partial charge in [0.05, 0.1) is 13.1 Å². The lowest BCUT2D eigenvalue weighted by Gasteiger charge is -2.16. The molecule has 0 radical (unpaired) electrons. The second-order valence-corrected chi connectivity index (χ2v) is 5.14. The number of amides is 2. The van der Waals surface area contributed by atoms with Gasteiger partial charge in [-0.2, -0.15) is 0 Å². The van der Waals surface area contributed by atoms with E-state index in [1.807, 2.05) is 6.92 Å². The summed E-state index contributed by atoms with van der Waals surface area (Å²) >= 11 is 0. The fourth-order valence-corrected chi connectivity index (χ4v) is 1.81. The Bertz CT molecular complexity index is 547.